The van der Waals surface area contributed by atoms with Crippen LogP contribution < -0.4 is 15.4 Å². The molecule has 0 aromatic heterocycles. The Morgan fingerprint density at radius 1 is 1.26 bits per heavy atom. The molecule has 0 unspecified atom stereocenters. The van der Waals surface area contributed by atoms with Crippen LogP contribution in [0.3, 0.4) is 0 Å². The number of amides is 1. The molecular formula is C19H20N2O2. The first-order valence-electron chi connectivity index (χ1n) is 7.92. The number of carbonyl (C=O) groups excluding carboxylic acids is 1. The van der Waals surface area contributed by atoms with Crippen molar-refractivity contribution in [2.75, 3.05) is 17.7 Å². The molecule has 0 bridgehead atoms. The summed E-state index contributed by atoms with van der Waals surface area (Å²) in [6.45, 7) is 3.66. The second-order valence-electron chi connectivity index (χ2n) is 6.44. The highest BCUT2D eigenvalue weighted by Crippen LogP contribution is 2.53. The van der Waals surface area contributed by atoms with Crippen molar-refractivity contribution in [2.24, 2.45) is 0 Å². The lowest BCUT2D eigenvalue weighted by molar-refractivity contribution is -0.114. The standard InChI is InChI=1S/C19H20N2O2/c1-10-6-14(23-3)9-17-16-8-12-7-13(20-11(2)22)4-5-15(12)19(16)21-18(10)17/h4-7,9,16,19,21H,8H2,1-3H3,(H,20,22)/t16-,19-/m0/s1. The van der Waals surface area contributed by atoms with Gasteiger partial charge in [0.25, 0.3) is 0 Å². The third-order valence-electron chi connectivity index (χ3n) is 4.92. The van der Waals surface area contributed by atoms with Gasteiger partial charge in [-0.3, -0.25) is 4.79 Å². The number of ether oxygens (including phenoxy) is 1. The summed E-state index contributed by atoms with van der Waals surface area (Å²) >= 11 is 0. The summed E-state index contributed by atoms with van der Waals surface area (Å²) in [5.41, 5.74) is 7.33. The van der Waals surface area contributed by atoms with Crippen LogP contribution in [0.2, 0.25) is 0 Å². The van der Waals surface area contributed by atoms with E-state index >= 15 is 0 Å². The molecule has 0 fully saturated rings. The van der Waals surface area contributed by atoms with Crippen LogP contribution in [0.4, 0.5) is 11.4 Å². The lowest BCUT2D eigenvalue weighted by atomic mass is 9.94. The number of anilines is 2. The SMILES string of the molecule is COc1cc(C)c2c(c1)[C@@H]1Cc3cc(NC(C)=O)ccc3[C@@H]1N2. The van der Waals surface area contributed by atoms with Crippen molar-refractivity contribution in [3.8, 4) is 5.75 Å². The molecule has 1 aliphatic carbocycles. The van der Waals surface area contributed by atoms with Crippen LogP contribution in [0.5, 0.6) is 5.75 Å². The summed E-state index contributed by atoms with van der Waals surface area (Å²) in [6.07, 6.45) is 0.986. The van der Waals surface area contributed by atoms with E-state index in [1.54, 1.807) is 7.11 Å². The number of methoxy groups -OCH3 is 1. The van der Waals surface area contributed by atoms with Gasteiger partial charge in [0.1, 0.15) is 5.75 Å². The molecule has 0 radical (unpaired) electrons. The van der Waals surface area contributed by atoms with Gasteiger partial charge in [-0.1, -0.05) is 6.07 Å². The summed E-state index contributed by atoms with van der Waals surface area (Å²) in [4.78, 5) is 11.2. The lowest BCUT2D eigenvalue weighted by Crippen LogP contribution is -2.07. The molecule has 2 aromatic rings. The summed E-state index contributed by atoms with van der Waals surface area (Å²) < 4.78 is 5.43. The Morgan fingerprint density at radius 3 is 2.83 bits per heavy atom. The van der Waals surface area contributed by atoms with Gasteiger partial charge in [-0.15, -0.1) is 0 Å². The smallest absolute Gasteiger partial charge is 0.221 e. The molecule has 0 saturated carbocycles. The number of aryl methyl sites for hydroxylation is 1. The first-order chi connectivity index (χ1) is 11.1. The van der Waals surface area contributed by atoms with Crippen LogP contribution in [-0.4, -0.2) is 13.0 Å². The van der Waals surface area contributed by atoms with E-state index in [0.29, 0.717) is 12.0 Å². The summed E-state index contributed by atoms with van der Waals surface area (Å²) in [5.74, 6) is 1.31. The monoisotopic (exact) mass is 308 g/mol. The predicted octanol–water partition coefficient (Wildman–Crippen LogP) is 3.77. The van der Waals surface area contributed by atoms with Crippen molar-refractivity contribution in [3.05, 3.63) is 52.6 Å². The topological polar surface area (TPSA) is 50.4 Å². The molecule has 4 heteroatoms. The normalized spacial score (nSPS) is 20.3. The Bertz CT molecular complexity index is 813. The molecule has 4 rings (SSSR count). The molecule has 2 N–H and O–H groups in total. The number of benzene rings is 2. The maximum atomic E-state index is 11.2. The van der Waals surface area contributed by atoms with Gasteiger partial charge >= 0.3 is 0 Å². The first-order valence-corrected chi connectivity index (χ1v) is 7.92. The molecular weight excluding hydrogens is 288 g/mol. The molecule has 23 heavy (non-hydrogen) atoms. The van der Waals surface area contributed by atoms with Gasteiger partial charge in [0.15, 0.2) is 0 Å². The maximum absolute atomic E-state index is 11.2. The zero-order chi connectivity index (χ0) is 16.1. The van der Waals surface area contributed by atoms with Gasteiger partial charge in [0, 0.05) is 24.2 Å². The van der Waals surface area contributed by atoms with Crippen LogP contribution in [-0.2, 0) is 11.2 Å². The molecule has 1 heterocycles. The second kappa shape index (κ2) is 5.01. The third-order valence-corrected chi connectivity index (χ3v) is 4.92. The van der Waals surface area contributed by atoms with E-state index < -0.39 is 0 Å². The van der Waals surface area contributed by atoms with E-state index in [9.17, 15) is 4.79 Å². The highest BCUT2D eigenvalue weighted by Gasteiger charge is 2.40. The number of nitrogens with one attached hydrogen (secondary N) is 2. The minimum absolute atomic E-state index is 0.0352. The van der Waals surface area contributed by atoms with Crippen LogP contribution in [0.15, 0.2) is 30.3 Å². The Balaban J connectivity index is 1.71. The van der Waals surface area contributed by atoms with Crippen molar-refractivity contribution in [1.29, 1.82) is 0 Å². The largest absolute Gasteiger partial charge is 0.497 e. The molecule has 2 aromatic carbocycles. The zero-order valence-corrected chi connectivity index (χ0v) is 13.6. The van der Waals surface area contributed by atoms with Crippen molar-refractivity contribution in [2.45, 2.75) is 32.2 Å². The molecule has 2 aliphatic rings. The highest BCUT2D eigenvalue weighted by atomic mass is 16.5. The van der Waals surface area contributed by atoms with Crippen LogP contribution >= 0.6 is 0 Å². The fraction of sp³-hybridized carbons (Fsp3) is 0.316. The highest BCUT2D eigenvalue weighted by molar-refractivity contribution is 5.89. The number of carbonyl (C=O) groups is 1. The minimum atomic E-state index is -0.0352. The summed E-state index contributed by atoms with van der Waals surface area (Å²) in [5, 5.41) is 6.56. The van der Waals surface area contributed by atoms with Crippen LogP contribution in [0.1, 0.15) is 41.1 Å². The van der Waals surface area contributed by atoms with Crippen LogP contribution in [0.25, 0.3) is 0 Å². The average molecular weight is 308 g/mol. The molecule has 1 aliphatic heterocycles. The van der Waals surface area contributed by atoms with Crippen molar-refractivity contribution in [1.82, 2.24) is 0 Å². The van der Waals surface area contributed by atoms with E-state index in [0.717, 1.165) is 17.9 Å². The molecule has 4 nitrogen and oxygen atoms in total. The Labute approximate surface area is 135 Å². The van der Waals surface area contributed by atoms with Gasteiger partial charge in [0.05, 0.1) is 13.2 Å². The van der Waals surface area contributed by atoms with Gasteiger partial charge in [-0.05, 0) is 59.9 Å². The molecule has 1 amide bonds. The first kappa shape index (κ1) is 14.1. The van der Waals surface area contributed by atoms with Crippen molar-refractivity contribution >= 4 is 17.3 Å². The van der Waals surface area contributed by atoms with Gasteiger partial charge in [-0.25, -0.2) is 0 Å². The number of fused-ring (bicyclic) bond motifs is 5. The predicted molar refractivity (Wildman–Crippen MR) is 91.3 cm³/mol. The number of hydrogen-bond acceptors (Lipinski definition) is 3. The fourth-order valence-electron chi connectivity index (χ4n) is 3.95. The van der Waals surface area contributed by atoms with E-state index in [2.05, 4.69) is 41.8 Å². The number of rotatable bonds is 2. The Hall–Kier alpha value is -2.49. The molecule has 118 valence electrons. The van der Waals surface area contributed by atoms with E-state index in [1.807, 2.05) is 6.07 Å². The second-order valence-corrected chi connectivity index (χ2v) is 6.44. The number of hydrogen-bond donors (Lipinski definition) is 2. The lowest BCUT2D eigenvalue weighted by Gasteiger charge is -2.13. The summed E-state index contributed by atoms with van der Waals surface area (Å²) in [7, 11) is 1.71. The van der Waals surface area contributed by atoms with E-state index in [4.69, 9.17) is 4.74 Å². The quantitative estimate of drug-likeness (QED) is 0.888. The van der Waals surface area contributed by atoms with E-state index in [-0.39, 0.29) is 5.91 Å². The Kier molecular flexibility index (Phi) is 3.08. The molecule has 0 spiro atoms. The minimum Gasteiger partial charge on any atom is -0.497 e. The van der Waals surface area contributed by atoms with Gasteiger partial charge < -0.3 is 15.4 Å². The van der Waals surface area contributed by atoms with Crippen molar-refractivity contribution in [3.63, 3.8) is 0 Å². The van der Waals surface area contributed by atoms with Gasteiger partial charge in [0.2, 0.25) is 5.91 Å². The van der Waals surface area contributed by atoms with Crippen LogP contribution in [0, 0.1) is 6.92 Å². The zero-order valence-electron chi connectivity index (χ0n) is 13.6. The average Bonchev–Trinajstić information content (AvgIpc) is 3.03. The summed E-state index contributed by atoms with van der Waals surface area (Å²) in [6, 6.07) is 10.8. The maximum Gasteiger partial charge on any atom is 0.221 e. The Morgan fingerprint density at radius 2 is 2.09 bits per heavy atom. The fourth-order valence-corrected chi connectivity index (χ4v) is 3.95. The van der Waals surface area contributed by atoms with Crippen molar-refractivity contribution < 1.29 is 9.53 Å². The van der Waals surface area contributed by atoms with Gasteiger partial charge in [-0.2, -0.15) is 0 Å². The van der Waals surface area contributed by atoms with E-state index in [1.165, 1.54) is 34.9 Å². The molecule has 0 saturated heterocycles. The third kappa shape index (κ3) is 2.17. The molecule has 2 atom stereocenters.